The number of hydrogen-bond acceptors (Lipinski definition) is 6. The third kappa shape index (κ3) is 5.15. The van der Waals surface area contributed by atoms with Gasteiger partial charge in [-0.2, -0.15) is 8.42 Å². The van der Waals surface area contributed by atoms with Crippen molar-refractivity contribution in [3.8, 4) is 0 Å². The maximum Gasteiger partial charge on any atom is 0.330 e. The van der Waals surface area contributed by atoms with Crippen molar-refractivity contribution in [1.29, 1.82) is 0 Å². The van der Waals surface area contributed by atoms with Crippen LogP contribution < -0.4 is 0 Å². The number of carbonyl (C=O) groups excluding carboxylic acids is 1. The highest BCUT2D eigenvalue weighted by Gasteiger charge is 2.32. The average molecular weight is 460 g/mol. The van der Waals surface area contributed by atoms with Gasteiger partial charge in [-0.25, -0.2) is 4.79 Å². The number of carbonyl (C=O) groups is 1. The van der Waals surface area contributed by atoms with Crippen LogP contribution in [0.4, 0.5) is 0 Å². The van der Waals surface area contributed by atoms with Gasteiger partial charge in [0.05, 0.1) is 0 Å². The number of benzene rings is 2. The summed E-state index contributed by atoms with van der Waals surface area (Å²) in [5.41, 5.74) is 1.50. The number of nitrogens with zero attached hydrogens (tertiary/aromatic N) is 3. The zero-order valence-corrected chi connectivity index (χ0v) is 18.3. The van der Waals surface area contributed by atoms with Crippen molar-refractivity contribution in [2.45, 2.75) is 4.90 Å². The van der Waals surface area contributed by atoms with Crippen LogP contribution in [0.5, 0.6) is 0 Å². The molecule has 0 amide bonds. The molecule has 0 radical (unpaired) electrons. The minimum absolute atomic E-state index is 0.269. The lowest BCUT2D eigenvalue weighted by atomic mass is 10.1. The maximum absolute atomic E-state index is 12.3. The first-order valence-electron chi connectivity index (χ1n) is 9.94. The molecule has 162 valence electrons. The van der Waals surface area contributed by atoms with Crippen LogP contribution in [0.2, 0.25) is 5.02 Å². The summed E-state index contributed by atoms with van der Waals surface area (Å²) in [4.78, 5) is 16.4. The van der Waals surface area contributed by atoms with Crippen LogP contribution in [0.15, 0.2) is 63.9 Å². The van der Waals surface area contributed by atoms with Gasteiger partial charge in [0, 0.05) is 49.4 Å². The van der Waals surface area contributed by atoms with E-state index in [1.807, 2.05) is 23.1 Å². The molecule has 0 spiro atoms. The highest BCUT2D eigenvalue weighted by molar-refractivity contribution is 7.90. The fraction of sp³-hybridized carbons (Fsp3) is 0.273. The Balaban J connectivity index is 1.24. The number of ether oxygens (including phenoxy) is 1. The molecule has 0 unspecified atom stereocenters. The number of halogens is 1. The molecule has 0 aromatic heterocycles. The fourth-order valence-corrected chi connectivity index (χ4v) is 5.02. The molecule has 0 saturated carbocycles. The number of sulfonamides is 1. The SMILES string of the molecule is O=C(/C=C/c1cccc(Cl)c1)OCCN1CCN(C2=NS(=O)(=O)c3ccccc32)CC1. The number of rotatable bonds is 5. The maximum atomic E-state index is 12.3. The number of hydrogen-bond donors (Lipinski definition) is 0. The predicted octanol–water partition coefficient (Wildman–Crippen LogP) is 2.66. The molecule has 2 heterocycles. The van der Waals surface area contributed by atoms with Crippen molar-refractivity contribution in [3.05, 3.63) is 70.8 Å². The fourth-order valence-electron chi connectivity index (χ4n) is 3.60. The van der Waals surface area contributed by atoms with E-state index in [4.69, 9.17) is 16.3 Å². The molecule has 31 heavy (non-hydrogen) atoms. The van der Waals surface area contributed by atoms with E-state index < -0.39 is 16.0 Å². The van der Waals surface area contributed by atoms with E-state index in [1.165, 1.54) is 6.08 Å². The molecule has 1 saturated heterocycles. The standard InChI is InChI=1S/C22H22ClN3O4S/c23-18-5-3-4-17(16-18)8-9-21(27)30-15-14-25-10-12-26(13-11-25)22-19-6-1-2-7-20(19)31(28,29)24-22/h1-9,16H,10-15H2/b9-8+. The summed E-state index contributed by atoms with van der Waals surface area (Å²) in [7, 11) is -3.61. The summed E-state index contributed by atoms with van der Waals surface area (Å²) >= 11 is 5.92. The van der Waals surface area contributed by atoms with Gasteiger partial charge in [0.25, 0.3) is 10.0 Å². The summed E-state index contributed by atoms with van der Waals surface area (Å²) < 4.78 is 33.8. The average Bonchev–Trinajstić information content (AvgIpc) is 3.04. The van der Waals surface area contributed by atoms with E-state index in [2.05, 4.69) is 9.30 Å². The molecule has 0 bridgehead atoms. The quantitative estimate of drug-likeness (QED) is 0.505. The van der Waals surface area contributed by atoms with Crippen molar-refractivity contribution < 1.29 is 17.9 Å². The van der Waals surface area contributed by atoms with Crippen LogP contribution in [0.3, 0.4) is 0 Å². The first-order chi connectivity index (χ1) is 14.9. The van der Waals surface area contributed by atoms with E-state index in [0.717, 1.165) is 18.7 Å². The number of esters is 1. The lowest BCUT2D eigenvalue weighted by Gasteiger charge is -2.35. The van der Waals surface area contributed by atoms with Gasteiger partial charge in [-0.1, -0.05) is 35.9 Å². The van der Waals surface area contributed by atoms with Gasteiger partial charge in [-0.15, -0.1) is 4.40 Å². The van der Waals surface area contributed by atoms with Crippen LogP contribution >= 0.6 is 11.6 Å². The molecule has 4 rings (SSSR count). The van der Waals surface area contributed by atoms with E-state index in [0.29, 0.717) is 36.1 Å². The summed E-state index contributed by atoms with van der Waals surface area (Å²) in [6.07, 6.45) is 3.06. The Kier molecular flexibility index (Phi) is 6.41. The first-order valence-corrected chi connectivity index (χ1v) is 11.8. The highest BCUT2D eigenvalue weighted by Crippen LogP contribution is 2.27. The molecule has 7 nitrogen and oxygen atoms in total. The van der Waals surface area contributed by atoms with Crippen LogP contribution in [-0.4, -0.2) is 69.4 Å². The van der Waals surface area contributed by atoms with E-state index in [9.17, 15) is 13.2 Å². The lowest BCUT2D eigenvalue weighted by molar-refractivity contribution is -0.138. The van der Waals surface area contributed by atoms with Gasteiger partial charge >= 0.3 is 5.97 Å². The molecule has 0 N–H and O–H groups in total. The van der Waals surface area contributed by atoms with Gasteiger partial charge in [-0.3, -0.25) is 4.90 Å². The van der Waals surface area contributed by atoms with Crippen molar-refractivity contribution in [2.75, 3.05) is 39.3 Å². The summed E-state index contributed by atoms with van der Waals surface area (Å²) in [5, 5.41) is 0.610. The molecule has 0 aliphatic carbocycles. The normalized spacial score (nSPS) is 18.1. The zero-order chi connectivity index (χ0) is 21.8. The molecule has 9 heteroatoms. The molecule has 1 fully saturated rings. The van der Waals surface area contributed by atoms with E-state index in [1.54, 1.807) is 36.4 Å². The predicted molar refractivity (Wildman–Crippen MR) is 120 cm³/mol. The Hall–Kier alpha value is -2.68. The Labute approximate surface area is 186 Å². The Morgan fingerprint density at radius 1 is 1.10 bits per heavy atom. The second-order valence-corrected chi connectivity index (χ2v) is 9.28. The number of piperazine rings is 1. The summed E-state index contributed by atoms with van der Waals surface area (Å²) in [5.74, 6) is 0.119. The summed E-state index contributed by atoms with van der Waals surface area (Å²) in [6.45, 7) is 3.69. The molecule has 2 aromatic carbocycles. The minimum Gasteiger partial charge on any atom is -0.461 e. The Morgan fingerprint density at radius 3 is 2.65 bits per heavy atom. The molecular formula is C22H22ClN3O4S. The third-order valence-electron chi connectivity index (χ3n) is 5.20. The van der Waals surface area contributed by atoms with Gasteiger partial charge in [0.15, 0.2) is 5.84 Å². The lowest BCUT2D eigenvalue weighted by Crippen LogP contribution is -2.49. The van der Waals surface area contributed by atoms with Crippen molar-refractivity contribution in [1.82, 2.24) is 9.80 Å². The Morgan fingerprint density at radius 2 is 1.87 bits per heavy atom. The van der Waals surface area contributed by atoms with Crippen LogP contribution in [0, 0.1) is 0 Å². The monoisotopic (exact) mass is 459 g/mol. The Bertz CT molecular complexity index is 1140. The van der Waals surface area contributed by atoms with Gasteiger partial charge in [0.1, 0.15) is 11.5 Å². The zero-order valence-electron chi connectivity index (χ0n) is 16.8. The van der Waals surface area contributed by atoms with Gasteiger partial charge < -0.3 is 9.64 Å². The second kappa shape index (κ2) is 9.21. The molecule has 0 atom stereocenters. The van der Waals surface area contributed by atoms with Crippen LogP contribution in [0.25, 0.3) is 6.08 Å². The first kappa shape index (κ1) is 21.5. The molecule has 2 aliphatic heterocycles. The smallest absolute Gasteiger partial charge is 0.330 e. The van der Waals surface area contributed by atoms with Crippen molar-refractivity contribution >= 4 is 39.5 Å². The number of amidine groups is 1. The van der Waals surface area contributed by atoms with E-state index in [-0.39, 0.29) is 11.5 Å². The van der Waals surface area contributed by atoms with E-state index >= 15 is 0 Å². The summed E-state index contributed by atoms with van der Waals surface area (Å²) in [6, 6.07) is 14.1. The topological polar surface area (TPSA) is 79.3 Å². The molecular weight excluding hydrogens is 438 g/mol. The minimum atomic E-state index is -3.61. The molecule has 2 aromatic rings. The highest BCUT2D eigenvalue weighted by atomic mass is 35.5. The van der Waals surface area contributed by atoms with Crippen LogP contribution in [0.1, 0.15) is 11.1 Å². The second-order valence-electron chi connectivity index (χ2n) is 7.27. The van der Waals surface area contributed by atoms with Gasteiger partial charge in [0.2, 0.25) is 0 Å². The van der Waals surface area contributed by atoms with Crippen molar-refractivity contribution in [3.63, 3.8) is 0 Å². The van der Waals surface area contributed by atoms with Gasteiger partial charge in [-0.05, 0) is 35.9 Å². The molecule has 2 aliphatic rings. The largest absolute Gasteiger partial charge is 0.461 e. The number of fused-ring (bicyclic) bond motifs is 1. The van der Waals surface area contributed by atoms with Crippen molar-refractivity contribution in [2.24, 2.45) is 4.40 Å². The third-order valence-corrected chi connectivity index (χ3v) is 6.76. The van der Waals surface area contributed by atoms with Crippen LogP contribution in [-0.2, 0) is 19.6 Å².